The maximum atomic E-state index is 11.4. The number of aryl methyl sites for hydroxylation is 1. The Kier molecular flexibility index (Phi) is 5.66. The number of oxazole rings is 1. The first-order valence-corrected chi connectivity index (χ1v) is 11.0. The van der Waals surface area contributed by atoms with Crippen LogP contribution in [0.2, 0.25) is 0 Å². The number of anilines is 5. The van der Waals surface area contributed by atoms with Crippen LogP contribution in [-0.2, 0) is 0 Å². The first-order chi connectivity index (χ1) is 16.0. The summed E-state index contributed by atoms with van der Waals surface area (Å²) >= 11 is 0. The van der Waals surface area contributed by atoms with E-state index in [1.54, 1.807) is 24.5 Å². The molecular weight excluding hydrogens is 420 g/mol. The molecule has 1 aliphatic heterocycles. The number of H-pyrrole nitrogens is 1. The van der Waals surface area contributed by atoms with Gasteiger partial charge in [0.1, 0.15) is 11.6 Å². The molecule has 170 valence electrons. The van der Waals surface area contributed by atoms with Crippen molar-refractivity contribution in [1.82, 2.24) is 25.3 Å². The summed E-state index contributed by atoms with van der Waals surface area (Å²) in [5, 5.41) is 9.94. The second kappa shape index (κ2) is 8.91. The minimum atomic E-state index is -0.479. The molecule has 10 nitrogen and oxygen atoms in total. The van der Waals surface area contributed by atoms with Crippen LogP contribution >= 0.6 is 0 Å². The molecular formula is C23H26N8O2. The number of hydrogen-bond acceptors (Lipinski definition) is 9. The van der Waals surface area contributed by atoms with Crippen molar-refractivity contribution in [3.63, 3.8) is 0 Å². The zero-order valence-corrected chi connectivity index (χ0v) is 18.6. The molecule has 0 spiro atoms. The molecule has 0 bridgehead atoms. The van der Waals surface area contributed by atoms with Gasteiger partial charge in [-0.05, 0) is 56.6 Å². The number of likely N-dealkylation sites (N-methyl/N-ethyl adjacent to an activating group) is 1. The summed E-state index contributed by atoms with van der Waals surface area (Å²) in [5.41, 5.74) is 3.60. The standard InChI is InChI=1S/C23H26N8O2/c1-14-11-26-22(30-21(14)27-15-5-7-19-18(10-15)29-23(32)33-19)28-16-6-8-20(25-12-16)31(2)17-4-3-9-24-13-17/h5-8,10-12,17,24H,3-4,9,13H2,1-2H3,(H,29,32)(H2,26,27,28,30)/t17-/m1/s1. The summed E-state index contributed by atoms with van der Waals surface area (Å²) in [6.07, 6.45) is 5.90. The highest BCUT2D eigenvalue weighted by Crippen LogP contribution is 2.24. The number of hydrogen-bond donors (Lipinski definition) is 4. The molecule has 33 heavy (non-hydrogen) atoms. The number of fused-ring (bicyclic) bond motifs is 1. The monoisotopic (exact) mass is 446 g/mol. The predicted octanol–water partition coefficient (Wildman–Crippen LogP) is 3.29. The van der Waals surface area contributed by atoms with Gasteiger partial charge in [0, 0.05) is 37.1 Å². The van der Waals surface area contributed by atoms with Gasteiger partial charge in [0.15, 0.2) is 5.58 Å². The van der Waals surface area contributed by atoms with E-state index in [0.717, 1.165) is 35.8 Å². The number of piperidine rings is 1. The number of nitrogens with one attached hydrogen (secondary N) is 4. The van der Waals surface area contributed by atoms with E-state index in [-0.39, 0.29) is 0 Å². The summed E-state index contributed by atoms with van der Waals surface area (Å²) < 4.78 is 5.05. The Morgan fingerprint density at radius 1 is 1.12 bits per heavy atom. The van der Waals surface area contributed by atoms with Crippen LogP contribution in [0, 0.1) is 6.92 Å². The molecule has 0 aliphatic carbocycles. The smallest absolute Gasteiger partial charge is 0.408 e. The average molecular weight is 447 g/mol. The molecule has 1 aliphatic rings. The highest BCUT2D eigenvalue weighted by molar-refractivity contribution is 5.78. The van der Waals surface area contributed by atoms with Gasteiger partial charge in [-0.2, -0.15) is 4.98 Å². The second-order valence-electron chi connectivity index (χ2n) is 8.22. The minimum Gasteiger partial charge on any atom is -0.408 e. The van der Waals surface area contributed by atoms with Crippen LogP contribution in [0.5, 0.6) is 0 Å². The van der Waals surface area contributed by atoms with Gasteiger partial charge in [0.05, 0.1) is 17.4 Å². The zero-order chi connectivity index (χ0) is 22.8. The highest BCUT2D eigenvalue weighted by Gasteiger charge is 2.18. The van der Waals surface area contributed by atoms with Crippen molar-refractivity contribution < 1.29 is 4.42 Å². The third-order valence-electron chi connectivity index (χ3n) is 5.84. The zero-order valence-electron chi connectivity index (χ0n) is 18.6. The maximum Gasteiger partial charge on any atom is 0.417 e. The van der Waals surface area contributed by atoms with Crippen LogP contribution in [0.4, 0.5) is 29.0 Å². The molecule has 0 amide bonds. The summed E-state index contributed by atoms with van der Waals surface area (Å²) in [4.78, 5) is 29.9. The SMILES string of the molecule is Cc1cnc(Nc2ccc(N(C)[C@@H]3CCCNC3)nc2)nc1Nc1ccc2oc(=O)[nH]c2c1. The fraction of sp³-hybridized carbons (Fsp3) is 0.304. The molecule has 0 unspecified atom stereocenters. The van der Waals surface area contributed by atoms with Gasteiger partial charge in [-0.3, -0.25) is 4.98 Å². The quantitative estimate of drug-likeness (QED) is 0.353. The molecule has 1 atom stereocenters. The fourth-order valence-corrected chi connectivity index (χ4v) is 3.94. The molecule has 4 heterocycles. The molecule has 1 fully saturated rings. The maximum absolute atomic E-state index is 11.4. The van der Waals surface area contributed by atoms with Crippen molar-refractivity contribution in [2.75, 3.05) is 35.7 Å². The minimum absolute atomic E-state index is 0.457. The van der Waals surface area contributed by atoms with Crippen LogP contribution in [0.25, 0.3) is 11.1 Å². The predicted molar refractivity (Wildman–Crippen MR) is 129 cm³/mol. The van der Waals surface area contributed by atoms with Gasteiger partial charge in [0.2, 0.25) is 5.95 Å². The third-order valence-corrected chi connectivity index (χ3v) is 5.84. The largest absolute Gasteiger partial charge is 0.417 e. The van der Waals surface area contributed by atoms with E-state index < -0.39 is 5.76 Å². The lowest BCUT2D eigenvalue weighted by atomic mass is 10.1. The third kappa shape index (κ3) is 4.65. The first kappa shape index (κ1) is 21.0. The lowest BCUT2D eigenvalue weighted by Gasteiger charge is -2.32. The van der Waals surface area contributed by atoms with Gasteiger partial charge >= 0.3 is 5.76 Å². The number of rotatable bonds is 6. The Balaban J connectivity index is 1.29. The lowest BCUT2D eigenvalue weighted by molar-refractivity contribution is 0.443. The Morgan fingerprint density at radius 2 is 2.00 bits per heavy atom. The van der Waals surface area contributed by atoms with Gasteiger partial charge in [-0.15, -0.1) is 0 Å². The normalized spacial score (nSPS) is 16.0. The van der Waals surface area contributed by atoms with E-state index in [0.29, 0.717) is 28.9 Å². The number of aromatic amines is 1. The summed E-state index contributed by atoms with van der Waals surface area (Å²) in [6, 6.07) is 9.81. The van der Waals surface area contributed by atoms with E-state index in [1.165, 1.54) is 12.8 Å². The van der Waals surface area contributed by atoms with E-state index in [9.17, 15) is 4.79 Å². The number of pyridine rings is 1. The number of aromatic nitrogens is 4. The average Bonchev–Trinajstić information content (AvgIpc) is 3.21. The van der Waals surface area contributed by atoms with Gasteiger partial charge in [-0.25, -0.2) is 14.8 Å². The molecule has 0 radical (unpaired) electrons. The summed E-state index contributed by atoms with van der Waals surface area (Å²) in [7, 11) is 2.09. The first-order valence-electron chi connectivity index (χ1n) is 11.0. The Hall–Kier alpha value is -3.92. The van der Waals surface area contributed by atoms with Crippen LogP contribution in [0.1, 0.15) is 18.4 Å². The van der Waals surface area contributed by atoms with E-state index >= 15 is 0 Å². The van der Waals surface area contributed by atoms with Crippen molar-refractivity contribution in [3.8, 4) is 0 Å². The lowest BCUT2D eigenvalue weighted by Crippen LogP contribution is -2.44. The van der Waals surface area contributed by atoms with Crippen molar-refractivity contribution in [1.29, 1.82) is 0 Å². The van der Waals surface area contributed by atoms with E-state index in [1.807, 2.05) is 25.1 Å². The molecule has 10 heteroatoms. The Labute approximate surface area is 190 Å². The van der Waals surface area contributed by atoms with Crippen LogP contribution in [0.3, 0.4) is 0 Å². The van der Waals surface area contributed by atoms with Crippen molar-refractivity contribution in [3.05, 3.63) is 58.8 Å². The molecule has 1 saturated heterocycles. The van der Waals surface area contributed by atoms with Crippen LogP contribution in [0.15, 0.2) is 51.9 Å². The number of benzene rings is 1. The van der Waals surface area contributed by atoms with Crippen molar-refractivity contribution >= 4 is 40.1 Å². The molecule has 5 rings (SSSR count). The molecule has 4 N–H and O–H groups in total. The summed E-state index contributed by atoms with van der Waals surface area (Å²) in [5.74, 6) is 1.58. The Morgan fingerprint density at radius 3 is 2.79 bits per heavy atom. The Bertz CT molecular complexity index is 1310. The van der Waals surface area contributed by atoms with Crippen LogP contribution in [-0.4, -0.2) is 46.1 Å². The van der Waals surface area contributed by atoms with Crippen LogP contribution < -0.4 is 26.6 Å². The van der Waals surface area contributed by atoms with Gasteiger partial charge in [-0.1, -0.05) is 0 Å². The molecule has 1 aromatic carbocycles. The fourth-order valence-electron chi connectivity index (χ4n) is 3.94. The second-order valence-corrected chi connectivity index (χ2v) is 8.22. The van der Waals surface area contributed by atoms with Gasteiger partial charge in [0.25, 0.3) is 0 Å². The van der Waals surface area contributed by atoms with Gasteiger partial charge < -0.3 is 25.3 Å². The molecule has 4 aromatic rings. The molecule has 3 aromatic heterocycles. The number of nitrogens with zero attached hydrogens (tertiary/aromatic N) is 4. The molecule has 0 saturated carbocycles. The van der Waals surface area contributed by atoms with E-state index in [2.05, 4.69) is 47.8 Å². The van der Waals surface area contributed by atoms with E-state index in [4.69, 9.17) is 4.42 Å². The van der Waals surface area contributed by atoms with Crippen molar-refractivity contribution in [2.24, 2.45) is 0 Å². The summed E-state index contributed by atoms with van der Waals surface area (Å²) in [6.45, 7) is 4.00. The van der Waals surface area contributed by atoms with Crippen molar-refractivity contribution in [2.45, 2.75) is 25.8 Å². The topological polar surface area (TPSA) is 124 Å². The highest BCUT2D eigenvalue weighted by atomic mass is 16.4.